The number of imide groups is 1. The zero-order chi connectivity index (χ0) is 20.7. The van der Waals surface area contributed by atoms with Crippen molar-refractivity contribution in [2.24, 2.45) is 0 Å². The van der Waals surface area contributed by atoms with Crippen molar-refractivity contribution in [1.82, 2.24) is 10.6 Å². The molecule has 2 aliphatic heterocycles. The fraction of sp³-hybridized carbons (Fsp3) is 0.471. The second-order valence-electron chi connectivity index (χ2n) is 6.23. The number of piperazine rings is 1. The predicted octanol–water partition coefficient (Wildman–Crippen LogP) is 0.947. The number of nitrogens with zero attached hydrogens (tertiary/aromatic N) is 1. The van der Waals surface area contributed by atoms with E-state index in [1.807, 2.05) is 12.1 Å². The van der Waals surface area contributed by atoms with Gasteiger partial charge in [-0.25, -0.2) is 4.79 Å². The molecule has 1 aromatic carbocycles. The van der Waals surface area contributed by atoms with Gasteiger partial charge in [0, 0.05) is 44.0 Å². The van der Waals surface area contributed by atoms with Crippen molar-refractivity contribution in [3.8, 4) is 0 Å². The zero-order valence-electron chi connectivity index (χ0n) is 14.9. The van der Waals surface area contributed by atoms with Gasteiger partial charge in [-0.05, 0) is 30.7 Å². The van der Waals surface area contributed by atoms with Crippen LogP contribution in [-0.4, -0.2) is 61.3 Å². The van der Waals surface area contributed by atoms with Crippen molar-refractivity contribution in [3.63, 3.8) is 0 Å². The minimum atomic E-state index is -5.08. The van der Waals surface area contributed by atoms with Crippen LogP contribution in [0.3, 0.4) is 0 Å². The number of carbonyl (C=O) groups excluding carboxylic acids is 2. The number of carboxylic acids is 1. The van der Waals surface area contributed by atoms with E-state index in [4.69, 9.17) is 9.90 Å². The maximum atomic E-state index is 11.7. The normalized spacial score (nSPS) is 20.0. The topological polar surface area (TPSA) is 111 Å². The summed E-state index contributed by atoms with van der Waals surface area (Å²) in [6.45, 7) is 4.05. The molecular weight excluding hydrogens is 381 g/mol. The Balaban J connectivity index is 0.000000345. The molecule has 2 saturated heterocycles. The molecular formula is C17H21F3N4O4. The Kier molecular flexibility index (Phi) is 7.21. The van der Waals surface area contributed by atoms with Crippen molar-refractivity contribution in [2.45, 2.75) is 25.1 Å². The molecule has 2 fully saturated rings. The number of anilines is 2. The summed E-state index contributed by atoms with van der Waals surface area (Å²) in [6, 6.07) is 7.79. The maximum Gasteiger partial charge on any atom is 0.490 e. The summed E-state index contributed by atoms with van der Waals surface area (Å²) in [6.07, 6.45) is -4.15. The summed E-state index contributed by atoms with van der Waals surface area (Å²) in [4.78, 5) is 34.1. The molecule has 4 N–H and O–H groups in total. The molecule has 0 bridgehead atoms. The van der Waals surface area contributed by atoms with E-state index in [0.29, 0.717) is 12.8 Å². The lowest BCUT2D eigenvalue weighted by atomic mass is 10.1. The van der Waals surface area contributed by atoms with Crippen LogP contribution in [0, 0.1) is 0 Å². The molecule has 28 heavy (non-hydrogen) atoms. The first-order valence-corrected chi connectivity index (χ1v) is 8.63. The van der Waals surface area contributed by atoms with Gasteiger partial charge < -0.3 is 20.6 Å². The lowest BCUT2D eigenvalue weighted by Gasteiger charge is -2.29. The average Bonchev–Trinajstić information content (AvgIpc) is 2.65. The van der Waals surface area contributed by atoms with Crippen LogP contribution >= 0.6 is 0 Å². The summed E-state index contributed by atoms with van der Waals surface area (Å²) >= 11 is 0. The largest absolute Gasteiger partial charge is 0.490 e. The number of halogens is 3. The number of aliphatic carboxylic acids is 1. The zero-order valence-corrected chi connectivity index (χ0v) is 14.9. The van der Waals surface area contributed by atoms with Crippen LogP contribution in [0.2, 0.25) is 0 Å². The fourth-order valence-corrected chi connectivity index (χ4v) is 2.72. The summed E-state index contributed by atoms with van der Waals surface area (Å²) in [5, 5.41) is 16.0. The summed E-state index contributed by atoms with van der Waals surface area (Å²) in [5.74, 6) is -3.18. The molecule has 2 amide bonds. The van der Waals surface area contributed by atoms with Crippen LogP contribution in [0.25, 0.3) is 0 Å². The highest BCUT2D eigenvalue weighted by atomic mass is 19.4. The van der Waals surface area contributed by atoms with Crippen molar-refractivity contribution in [1.29, 1.82) is 0 Å². The number of hydrogen-bond donors (Lipinski definition) is 4. The van der Waals surface area contributed by atoms with E-state index < -0.39 is 12.1 Å². The first kappa shape index (κ1) is 21.5. The summed E-state index contributed by atoms with van der Waals surface area (Å²) in [5.41, 5.74) is 2.11. The van der Waals surface area contributed by atoms with E-state index in [-0.39, 0.29) is 17.9 Å². The number of amides is 2. The smallest absolute Gasteiger partial charge is 0.475 e. The lowest BCUT2D eigenvalue weighted by molar-refractivity contribution is -0.192. The van der Waals surface area contributed by atoms with Gasteiger partial charge in [-0.1, -0.05) is 0 Å². The van der Waals surface area contributed by atoms with Gasteiger partial charge >= 0.3 is 12.1 Å². The van der Waals surface area contributed by atoms with Gasteiger partial charge in [0.2, 0.25) is 11.8 Å². The minimum absolute atomic E-state index is 0.188. The third kappa shape index (κ3) is 6.41. The molecule has 0 aliphatic carbocycles. The number of nitrogens with one attached hydrogen (secondary N) is 3. The van der Waals surface area contributed by atoms with Crippen LogP contribution in [-0.2, 0) is 14.4 Å². The molecule has 2 aliphatic rings. The lowest BCUT2D eigenvalue weighted by Crippen LogP contribution is -2.47. The number of rotatable bonds is 3. The molecule has 0 radical (unpaired) electrons. The van der Waals surface area contributed by atoms with Crippen LogP contribution in [0.5, 0.6) is 0 Å². The van der Waals surface area contributed by atoms with Crippen molar-refractivity contribution >= 4 is 29.2 Å². The third-order valence-corrected chi connectivity index (χ3v) is 4.17. The van der Waals surface area contributed by atoms with E-state index in [9.17, 15) is 22.8 Å². The number of carbonyl (C=O) groups is 3. The molecule has 2 heterocycles. The van der Waals surface area contributed by atoms with Gasteiger partial charge in [0.15, 0.2) is 0 Å². The SMILES string of the molecule is O=C(O)C(F)(F)F.O=C1CCC(Nc2ccc(N3CCNCC3)cc2)C(=O)N1. The second-order valence-corrected chi connectivity index (χ2v) is 6.23. The predicted molar refractivity (Wildman–Crippen MR) is 95.0 cm³/mol. The molecule has 1 unspecified atom stereocenters. The highest BCUT2D eigenvalue weighted by Gasteiger charge is 2.38. The Morgan fingerprint density at radius 3 is 2.21 bits per heavy atom. The molecule has 1 atom stereocenters. The Labute approximate surface area is 159 Å². The number of carboxylic acid groups (broad SMARTS) is 1. The van der Waals surface area contributed by atoms with Gasteiger partial charge in [-0.3, -0.25) is 14.9 Å². The van der Waals surface area contributed by atoms with Crippen molar-refractivity contribution in [3.05, 3.63) is 24.3 Å². The maximum absolute atomic E-state index is 11.7. The Hall–Kier alpha value is -2.82. The van der Waals surface area contributed by atoms with E-state index >= 15 is 0 Å². The third-order valence-electron chi connectivity index (χ3n) is 4.17. The monoisotopic (exact) mass is 402 g/mol. The Bertz CT molecular complexity index is 703. The minimum Gasteiger partial charge on any atom is -0.475 e. The van der Waals surface area contributed by atoms with Gasteiger partial charge in [-0.15, -0.1) is 0 Å². The standard InChI is InChI=1S/C15H20N4O2.C2HF3O2/c20-14-6-5-13(15(21)18-14)17-11-1-3-12(4-2-11)19-9-7-16-8-10-19;3-2(4,5)1(6)7/h1-4,13,16-17H,5-10H2,(H,18,20,21);(H,6,7). The summed E-state index contributed by atoms with van der Waals surface area (Å²) < 4.78 is 31.7. The average molecular weight is 402 g/mol. The van der Waals surface area contributed by atoms with Crippen LogP contribution < -0.4 is 20.9 Å². The quantitative estimate of drug-likeness (QED) is 0.557. The Morgan fingerprint density at radius 2 is 1.71 bits per heavy atom. The molecule has 1 aromatic rings. The van der Waals surface area contributed by atoms with Gasteiger partial charge in [0.05, 0.1) is 0 Å². The van der Waals surface area contributed by atoms with Crippen LogP contribution in [0.1, 0.15) is 12.8 Å². The number of hydrogen-bond acceptors (Lipinski definition) is 6. The first-order valence-electron chi connectivity index (χ1n) is 8.63. The van der Waals surface area contributed by atoms with E-state index in [2.05, 4.69) is 33.0 Å². The molecule has 3 rings (SSSR count). The number of alkyl halides is 3. The molecule has 11 heteroatoms. The highest BCUT2D eigenvalue weighted by molar-refractivity contribution is 6.01. The van der Waals surface area contributed by atoms with Crippen molar-refractivity contribution < 1.29 is 32.7 Å². The first-order chi connectivity index (χ1) is 13.2. The molecule has 8 nitrogen and oxygen atoms in total. The van der Waals surface area contributed by atoms with Crippen molar-refractivity contribution in [2.75, 3.05) is 36.4 Å². The summed E-state index contributed by atoms with van der Waals surface area (Å²) in [7, 11) is 0. The molecule has 154 valence electrons. The van der Waals surface area contributed by atoms with Crippen LogP contribution in [0.15, 0.2) is 24.3 Å². The molecule has 0 saturated carbocycles. The van der Waals surface area contributed by atoms with Crippen LogP contribution in [0.4, 0.5) is 24.5 Å². The van der Waals surface area contributed by atoms with E-state index in [1.165, 1.54) is 5.69 Å². The second kappa shape index (κ2) is 9.40. The van der Waals surface area contributed by atoms with Gasteiger partial charge in [0.25, 0.3) is 0 Å². The van der Waals surface area contributed by atoms with E-state index in [0.717, 1.165) is 31.9 Å². The van der Waals surface area contributed by atoms with E-state index in [1.54, 1.807) is 0 Å². The fourth-order valence-electron chi connectivity index (χ4n) is 2.72. The number of benzene rings is 1. The van der Waals surface area contributed by atoms with Gasteiger partial charge in [-0.2, -0.15) is 13.2 Å². The molecule has 0 aromatic heterocycles. The molecule has 0 spiro atoms. The number of piperidine rings is 1. The highest BCUT2D eigenvalue weighted by Crippen LogP contribution is 2.20. The Morgan fingerprint density at radius 1 is 1.14 bits per heavy atom. The van der Waals surface area contributed by atoms with Gasteiger partial charge in [0.1, 0.15) is 6.04 Å².